The Morgan fingerprint density at radius 2 is 2.04 bits per heavy atom. The van der Waals surface area contributed by atoms with Crippen LogP contribution >= 0.6 is 0 Å². The van der Waals surface area contributed by atoms with E-state index >= 15 is 0 Å². The Kier molecular flexibility index (Phi) is 5.25. The van der Waals surface area contributed by atoms with Crippen molar-refractivity contribution in [2.75, 3.05) is 13.2 Å². The molecule has 0 spiro atoms. The van der Waals surface area contributed by atoms with Gasteiger partial charge in [0.1, 0.15) is 0 Å². The van der Waals surface area contributed by atoms with Crippen LogP contribution in [0.5, 0.6) is 0 Å². The van der Waals surface area contributed by atoms with Gasteiger partial charge in [-0.05, 0) is 54.7 Å². The van der Waals surface area contributed by atoms with Crippen molar-refractivity contribution in [2.45, 2.75) is 18.9 Å². The predicted molar refractivity (Wildman–Crippen MR) is 102 cm³/mol. The Labute approximate surface area is 158 Å². The summed E-state index contributed by atoms with van der Waals surface area (Å²) in [5.41, 5.74) is 2.50. The smallest absolute Gasteiger partial charge is 0.251 e. The first kappa shape index (κ1) is 17.4. The second-order valence-electron chi connectivity index (χ2n) is 6.69. The molecule has 27 heavy (non-hydrogen) atoms. The third-order valence-corrected chi connectivity index (χ3v) is 4.94. The van der Waals surface area contributed by atoms with Gasteiger partial charge in [-0.2, -0.15) is 5.10 Å². The van der Waals surface area contributed by atoms with Crippen LogP contribution in [0, 0.1) is 5.92 Å². The van der Waals surface area contributed by atoms with E-state index in [0.29, 0.717) is 11.5 Å². The van der Waals surface area contributed by atoms with Gasteiger partial charge in [0.15, 0.2) is 0 Å². The minimum atomic E-state index is -0.0932. The van der Waals surface area contributed by atoms with Gasteiger partial charge in [0.05, 0.1) is 11.7 Å². The molecule has 138 valence electrons. The van der Waals surface area contributed by atoms with E-state index in [2.05, 4.69) is 15.4 Å². The Morgan fingerprint density at radius 3 is 2.78 bits per heavy atom. The van der Waals surface area contributed by atoms with Crippen LogP contribution in [0.2, 0.25) is 0 Å². The number of carbonyl (C=O) groups is 1. The summed E-state index contributed by atoms with van der Waals surface area (Å²) < 4.78 is 7.24. The van der Waals surface area contributed by atoms with E-state index in [-0.39, 0.29) is 11.9 Å². The molecule has 1 aliphatic rings. The van der Waals surface area contributed by atoms with E-state index in [9.17, 15) is 4.79 Å². The zero-order chi connectivity index (χ0) is 18.5. The summed E-state index contributed by atoms with van der Waals surface area (Å²) in [6.07, 6.45) is 9.01. The van der Waals surface area contributed by atoms with Gasteiger partial charge in [-0.15, -0.1) is 0 Å². The van der Waals surface area contributed by atoms with Gasteiger partial charge < -0.3 is 10.1 Å². The highest BCUT2D eigenvalue weighted by Gasteiger charge is 2.27. The Morgan fingerprint density at radius 1 is 1.15 bits per heavy atom. The van der Waals surface area contributed by atoms with E-state index in [1.807, 2.05) is 54.9 Å². The van der Waals surface area contributed by atoms with Gasteiger partial charge in [0.25, 0.3) is 5.91 Å². The van der Waals surface area contributed by atoms with E-state index in [1.165, 1.54) is 0 Å². The molecule has 6 nitrogen and oxygen atoms in total. The zero-order valence-corrected chi connectivity index (χ0v) is 15.0. The van der Waals surface area contributed by atoms with Gasteiger partial charge in [0, 0.05) is 43.6 Å². The molecule has 0 bridgehead atoms. The maximum atomic E-state index is 13.0. The van der Waals surface area contributed by atoms with Crippen LogP contribution in [-0.2, 0) is 4.74 Å². The number of pyridine rings is 1. The molecule has 1 unspecified atom stereocenters. The van der Waals surface area contributed by atoms with Crippen molar-refractivity contribution in [3.63, 3.8) is 0 Å². The van der Waals surface area contributed by atoms with Crippen LogP contribution in [0.15, 0.2) is 67.3 Å². The summed E-state index contributed by atoms with van der Waals surface area (Å²) in [7, 11) is 0. The molecule has 1 amide bonds. The maximum absolute atomic E-state index is 13.0. The largest absolute Gasteiger partial charge is 0.381 e. The Balaban J connectivity index is 1.57. The molecule has 0 aliphatic carbocycles. The van der Waals surface area contributed by atoms with Crippen molar-refractivity contribution in [1.82, 2.24) is 20.1 Å². The molecule has 1 aliphatic heterocycles. The molecule has 6 heteroatoms. The average molecular weight is 362 g/mol. The summed E-state index contributed by atoms with van der Waals surface area (Å²) in [5.74, 6) is 0.241. The first-order valence-corrected chi connectivity index (χ1v) is 9.20. The Bertz CT molecular complexity index is 874. The molecule has 3 heterocycles. The molecule has 1 N–H and O–H groups in total. The molecule has 1 saturated heterocycles. The monoisotopic (exact) mass is 362 g/mol. The molecule has 1 aromatic carbocycles. The van der Waals surface area contributed by atoms with Crippen molar-refractivity contribution in [3.05, 3.63) is 78.4 Å². The fraction of sp³-hybridized carbons (Fsp3) is 0.286. The number of carbonyl (C=O) groups excluding carboxylic acids is 1. The van der Waals surface area contributed by atoms with E-state index in [4.69, 9.17) is 4.74 Å². The van der Waals surface area contributed by atoms with Crippen LogP contribution in [0.4, 0.5) is 0 Å². The van der Waals surface area contributed by atoms with Crippen LogP contribution in [-0.4, -0.2) is 33.9 Å². The second kappa shape index (κ2) is 8.14. The number of aromatic nitrogens is 3. The quantitative estimate of drug-likeness (QED) is 0.757. The first-order chi connectivity index (χ1) is 13.3. The number of benzene rings is 1. The number of ether oxygens (including phenoxy) is 1. The molecule has 2 aromatic heterocycles. The lowest BCUT2D eigenvalue weighted by Gasteiger charge is -2.31. The standard InChI is InChI=1S/C21H22N4O2/c26-21(17-4-1-6-19(14-17)25-11-3-10-23-25)24-20(16-7-12-27-13-8-16)18-5-2-9-22-15-18/h1-6,9-11,14-16,20H,7-8,12-13H2,(H,24,26). The number of amides is 1. The molecule has 4 rings (SSSR count). The van der Waals surface area contributed by atoms with Crippen LogP contribution in [0.25, 0.3) is 5.69 Å². The topological polar surface area (TPSA) is 69.0 Å². The van der Waals surface area contributed by atoms with Crippen molar-refractivity contribution in [1.29, 1.82) is 0 Å². The van der Waals surface area contributed by atoms with Crippen molar-refractivity contribution < 1.29 is 9.53 Å². The number of nitrogens with one attached hydrogen (secondary N) is 1. The molecule has 1 fully saturated rings. The highest BCUT2D eigenvalue weighted by atomic mass is 16.5. The van der Waals surface area contributed by atoms with E-state index < -0.39 is 0 Å². The summed E-state index contributed by atoms with van der Waals surface area (Å²) in [6.45, 7) is 1.46. The predicted octanol–water partition coefficient (Wildman–Crippen LogP) is 3.17. The number of hydrogen-bond donors (Lipinski definition) is 1. The third-order valence-electron chi connectivity index (χ3n) is 4.94. The third kappa shape index (κ3) is 4.06. The molecular weight excluding hydrogens is 340 g/mol. The normalized spacial score (nSPS) is 16.0. The SMILES string of the molecule is O=C(NC(c1cccnc1)C1CCOCC1)c1cccc(-n2cccn2)c1. The van der Waals surface area contributed by atoms with Gasteiger partial charge in [-0.3, -0.25) is 9.78 Å². The molecule has 0 radical (unpaired) electrons. The fourth-order valence-electron chi connectivity index (χ4n) is 3.52. The molecular formula is C21H22N4O2. The van der Waals surface area contributed by atoms with Crippen LogP contribution in [0.1, 0.15) is 34.8 Å². The van der Waals surface area contributed by atoms with Crippen LogP contribution in [0.3, 0.4) is 0 Å². The van der Waals surface area contributed by atoms with Crippen LogP contribution < -0.4 is 5.32 Å². The van der Waals surface area contributed by atoms with Gasteiger partial charge in [-0.25, -0.2) is 4.68 Å². The maximum Gasteiger partial charge on any atom is 0.251 e. The highest BCUT2D eigenvalue weighted by molar-refractivity contribution is 5.95. The summed E-state index contributed by atoms with van der Waals surface area (Å²) in [4.78, 5) is 17.2. The van der Waals surface area contributed by atoms with Crippen molar-refractivity contribution in [3.8, 4) is 5.69 Å². The molecule has 3 aromatic rings. The molecule has 0 saturated carbocycles. The lowest BCUT2D eigenvalue weighted by Crippen LogP contribution is -2.36. The minimum Gasteiger partial charge on any atom is -0.381 e. The van der Waals surface area contributed by atoms with Crippen molar-refractivity contribution in [2.24, 2.45) is 5.92 Å². The first-order valence-electron chi connectivity index (χ1n) is 9.20. The summed E-state index contributed by atoms with van der Waals surface area (Å²) in [5, 5.41) is 7.46. The van der Waals surface area contributed by atoms with E-state index in [0.717, 1.165) is 37.3 Å². The lowest BCUT2D eigenvalue weighted by molar-refractivity contribution is 0.0513. The highest BCUT2D eigenvalue weighted by Crippen LogP contribution is 2.30. The van der Waals surface area contributed by atoms with Gasteiger partial charge >= 0.3 is 0 Å². The van der Waals surface area contributed by atoms with E-state index in [1.54, 1.807) is 17.1 Å². The summed E-state index contributed by atoms with van der Waals surface area (Å²) >= 11 is 0. The second-order valence-corrected chi connectivity index (χ2v) is 6.69. The van der Waals surface area contributed by atoms with Gasteiger partial charge in [-0.1, -0.05) is 12.1 Å². The van der Waals surface area contributed by atoms with Crippen molar-refractivity contribution >= 4 is 5.91 Å². The minimum absolute atomic E-state index is 0.0801. The fourth-order valence-corrected chi connectivity index (χ4v) is 3.52. The number of rotatable bonds is 5. The summed E-state index contributed by atoms with van der Waals surface area (Å²) in [6, 6.07) is 13.2. The molecule has 1 atom stereocenters. The zero-order valence-electron chi connectivity index (χ0n) is 15.0. The lowest BCUT2D eigenvalue weighted by atomic mass is 9.87. The number of nitrogens with zero attached hydrogens (tertiary/aromatic N) is 3. The Hall–Kier alpha value is -2.99. The number of hydrogen-bond acceptors (Lipinski definition) is 4. The van der Waals surface area contributed by atoms with Gasteiger partial charge in [0.2, 0.25) is 0 Å². The average Bonchev–Trinajstić information content (AvgIpc) is 3.28.